The Morgan fingerprint density at radius 1 is 1.48 bits per heavy atom. The summed E-state index contributed by atoms with van der Waals surface area (Å²) in [5, 5.41) is 8.46. The van der Waals surface area contributed by atoms with E-state index in [-0.39, 0.29) is 4.90 Å². The van der Waals surface area contributed by atoms with Crippen LogP contribution in [0.1, 0.15) is 26.2 Å². The Labute approximate surface area is 125 Å². The molecule has 1 aromatic rings. The van der Waals surface area contributed by atoms with E-state index in [0.29, 0.717) is 11.7 Å². The number of halogens is 1. The third-order valence-corrected chi connectivity index (χ3v) is 4.60. The molecular weight excluding hydrogens is 293 g/mol. The Morgan fingerprint density at radius 2 is 2.24 bits per heavy atom. The third-order valence-electron chi connectivity index (χ3n) is 3.69. The van der Waals surface area contributed by atoms with Crippen molar-refractivity contribution in [2.45, 2.75) is 37.1 Å². The topological polar surface area (TPSA) is 75.4 Å². The lowest BCUT2D eigenvalue weighted by Gasteiger charge is -2.35. The second-order valence-electron chi connectivity index (χ2n) is 5.40. The molecule has 0 aromatic heterocycles. The summed E-state index contributed by atoms with van der Waals surface area (Å²) in [6.45, 7) is 4.56. The first-order valence-corrected chi connectivity index (χ1v) is 8.77. The van der Waals surface area contributed by atoms with Crippen LogP contribution >= 0.6 is 0 Å². The lowest BCUT2D eigenvalue weighted by Crippen LogP contribution is -2.46. The molecule has 7 heteroatoms. The molecule has 2 rings (SSSR count). The van der Waals surface area contributed by atoms with Gasteiger partial charge in [0.05, 0.1) is 10.6 Å². The zero-order chi connectivity index (χ0) is 15.5. The molecule has 1 atom stereocenters. The highest BCUT2D eigenvalue weighted by atomic mass is 32.2. The van der Waals surface area contributed by atoms with E-state index in [4.69, 9.17) is 5.14 Å². The SMILES string of the molecule is CCCNC1CCCN(c2ccc(S(N)(=O)=O)cc2F)C1. The van der Waals surface area contributed by atoms with Gasteiger partial charge in [-0.1, -0.05) is 6.92 Å². The zero-order valence-corrected chi connectivity index (χ0v) is 13.0. The van der Waals surface area contributed by atoms with Crippen molar-refractivity contribution in [3.63, 3.8) is 0 Å². The smallest absolute Gasteiger partial charge is 0.238 e. The fourth-order valence-electron chi connectivity index (χ4n) is 2.63. The highest BCUT2D eigenvalue weighted by Crippen LogP contribution is 2.25. The highest BCUT2D eigenvalue weighted by molar-refractivity contribution is 7.89. The fraction of sp³-hybridized carbons (Fsp3) is 0.571. The number of anilines is 1. The molecule has 1 saturated heterocycles. The van der Waals surface area contributed by atoms with Gasteiger partial charge in [0.25, 0.3) is 0 Å². The second-order valence-corrected chi connectivity index (χ2v) is 6.96. The number of nitrogens with one attached hydrogen (secondary N) is 1. The van der Waals surface area contributed by atoms with E-state index in [1.165, 1.54) is 12.1 Å². The summed E-state index contributed by atoms with van der Waals surface area (Å²) in [7, 11) is -3.87. The van der Waals surface area contributed by atoms with Crippen LogP contribution in [0.5, 0.6) is 0 Å². The van der Waals surface area contributed by atoms with Crippen LogP contribution in [0.25, 0.3) is 0 Å². The summed E-state index contributed by atoms with van der Waals surface area (Å²) in [6.07, 6.45) is 3.12. The first-order valence-electron chi connectivity index (χ1n) is 7.22. The monoisotopic (exact) mass is 315 g/mol. The maximum atomic E-state index is 14.2. The molecular formula is C14H22FN3O2S. The highest BCUT2D eigenvalue weighted by Gasteiger charge is 2.22. The molecule has 1 aliphatic rings. The molecule has 1 aliphatic heterocycles. The minimum Gasteiger partial charge on any atom is -0.368 e. The molecule has 0 radical (unpaired) electrons. The molecule has 5 nitrogen and oxygen atoms in total. The number of benzene rings is 1. The minimum absolute atomic E-state index is 0.193. The normalized spacial score (nSPS) is 19.8. The Bertz CT molecular complexity index is 592. The summed E-state index contributed by atoms with van der Waals surface area (Å²) in [6, 6.07) is 4.19. The Kier molecular flexibility index (Phi) is 5.18. The van der Waals surface area contributed by atoms with Crippen molar-refractivity contribution in [3.8, 4) is 0 Å². The first kappa shape index (κ1) is 16.2. The lowest BCUT2D eigenvalue weighted by atomic mass is 10.0. The standard InChI is InChI=1S/C14H22FN3O2S/c1-2-7-17-11-4-3-8-18(10-11)14-6-5-12(9-13(14)15)21(16,19)20/h5-6,9,11,17H,2-4,7-8,10H2,1H3,(H2,16,19,20). The van der Waals surface area contributed by atoms with Crippen molar-refractivity contribution < 1.29 is 12.8 Å². The largest absolute Gasteiger partial charge is 0.368 e. The summed E-state index contributed by atoms with van der Waals surface area (Å²) < 4.78 is 36.6. The minimum atomic E-state index is -3.87. The molecule has 0 amide bonds. The molecule has 1 aromatic carbocycles. The number of rotatable bonds is 5. The molecule has 21 heavy (non-hydrogen) atoms. The molecule has 1 heterocycles. The second kappa shape index (κ2) is 6.72. The van der Waals surface area contributed by atoms with Crippen LogP contribution in [0, 0.1) is 5.82 Å². The number of piperidine rings is 1. The average molecular weight is 315 g/mol. The van der Waals surface area contributed by atoms with E-state index in [0.717, 1.165) is 45.0 Å². The number of hydrogen-bond donors (Lipinski definition) is 2. The molecule has 1 fully saturated rings. The van der Waals surface area contributed by atoms with E-state index in [2.05, 4.69) is 12.2 Å². The van der Waals surface area contributed by atoms with Crippen LogP contribution in [0.3, 0.4) is 0 Å². The Morgan fingerprint density at radius 3 is 2.86 bits per heavy atom. The molecule has 1 unspecified atom stereocenters. The van der Waals surface area contributed by atoms with Gasteiger partial charge in [0.1, 0.15) is 5.82 Å². The van der Waals surface area contributed by atoms with Gasteiger partial charge in [-0.2, -0.15) is 0 Å². The van der Waals surface area contributed by atoms with Gasteiger partial charge in [0.15, 0.2) is 0 Å². The van der Waals surface area contributed by atoms with Gasteiger partial charge in [-0.3, -0.25) is 0 Å². The fourth-order valence-corrected chi connectivity index (χ4v) is 3.16. The maximum absolute atomic E-state index is 14.2. The van der Waals surface area contributed by atoms with Gasteiger partial charge < -0.3 is 10.2 Å². The summed E-state index contributed by atoms with van der Waals surface area (Å²) in [5.41, 5.74) is 0.436. The predicted molar refractivity (Wildman–Crippen MR) is 81.3 cm³/mol. The molecule has 118 valence electrons. The molecule has 0 aliphatic carbocycles. The van der Waals surface area contributed by atoms with E-state index < -0.39 is 15.8 Å². The van der Waals surface area contributed by atoms with Crippen LogP contribution in [0.15, 0.2) is 23.1 Å². The molecule has 0 saturated carbocycles. The van der Waals surface area contributed by atoms with E-state index >= 15 is 0 Å². The number of hydrogen-bond acceptors (Lipinski definition) is 4. The van der Waals surface area contributed by atoms with Gasteiger partial charge in [-0.05, 0) is 44.0 Å². The van der Waals surface area contributed by atoms with E-state index in [1.54, 1.807) is 0 Å². The van der Waals surface area contributed by atoms with Crippen LogP contribution in [-0.4, -0.2) is 34.1 Å². The summed E-state index contributed by atoms with van der Waals surface area (Å²) in [5.74, 6) is -0.544. The van der Waals surface area contributed by atoms with Crippen molar-refractivity contribution in [2.24, 2.45) is 5.14 Å². The predicted octanol–water partition coefficient (Wildman–Crippen LogP) is 1.44. The number of nitrogens with zero attached hydrogens (tertiary/aromatic N) is 1. The van der Waals surface area contributed by atoms with Gasteiger partial charge in [-0.15, -0.1) is 0 Å². The van der Waals surface area contributed by atoms with Crippen LogP contribution < -0.4 is 15.4 Å². The quantitative estimate of drug-likeness (QED) is 0.862. The van der Waals surface area contributed by atoms with Gasteiger partial charge in [0, 0.05) is 19.1 Å². The molecule has 0 bridgehead atoms. The number of nitrogens with two attached hydrogens (primary N) is 1. The Hall–Kier alpha value is -1.18. The van der Waals surface area contributed by atoms with Crippen LogP contribution in [0.4, 0.5) is 10.1 Å². The third kappa shape index (κ3) is 4.15. The van der Waals surface area contributed by atoms with Crippen molar-refractivity contribution >= 4 is 15.7 Å². The van der Waals surface area contributed by atoms with Crippen molar-refractivity contribution in [2.75, 3.05) is 24.5 Å². The van der Waals surface area contributed by atoms with Gasteiger partial charge in [-0.25, -0.2) is 17.9 Å². The van der Waals surface area contributed by atoms with Crippen molar-refractivity contribution in [1.29, 1.82) is 0 Å². The summed E-state index contributed by atoms with van der Waals surface area (Å²) in [4.78, 5) is 1.76. The van der Waals surface area contributed by atoms with Crippen LogP contribution in [-0.2, 0) is 10.0 Å². The Balaban J connectivity index is 2.14. The number of sulfonamides is 1. The van der Waals surface area contributed by atoms with Gasteiger partial charge >= 0.3 is 0 Å². The molecule has 0 spiro atoms. The van der Waals surface area contributed by atoms with Gasteiger partial charge in [0.2, 0.25) is 10.0 Å². The van der Waals surface area contributed by atoms with Crippen LogP contribution in [0.2, 0.25) is 0 Å². The van der Waals surface area contributed by atoms with Crippen molar-refractivity contribution in [3.05, 3.63) is 24.0 Å². The zero-order valence-electron chi connectivity index (χ0n) is 12.2. The lowest BCUT2D eigenvalue weighted by molar-refractivity contribution is 0.420. The maximum Gasteiger partial charge on any atom is 0.238 e. The average Bonchev–Trinajstić information content (AvgIpc) is 2.44. The van der Waals surface area contributed by atoms with Crippen molar-refractivity contribution in [1.82, 2.24) is 5.32 Å². The van der Waals surface area contributed by atoms with E-state index in [9.17, 15) is 12.8 Å². The van der Waals surface area contributed by atoms with E-state index in [1.807, 2.05) is 4.90 Å². The summed E-state index contributed by atoms with van der Waals surface area (Å²) >= 11 is 0. The first-order chi connectivity index (χ1) is 9.91. The number of primary sulfonamides is 1. The molecule has 3 N–H and O–H groups in total.